The fourth-order valence-corrected chi connectivity index (χ4v) is 10.3. The van der Waals surface area contributed by atoms with Crippen molar-refractivity contribution >= 4 is 53.0 Å². The summed E-state index contributed by atoms with van der Waals surface area (Å²) in [6, 6.07) is 0. The highest BCUT2D eigenvalue weighted by Crippen LogP contribution is 2.68. The summed E-state index contributed by atoms with van der Waals surface area (Å²) < 4.78 is -1.08. The molecule has 1 radical (unpaired) electrons. The van der Waals surface area contributed by atoms with Gasteiger partial charge in [-0.15, -0.1) is 47.0 Å². The minimum Gasteiger partial charge on any atom is -0.545 e. The van der Waals surface area contributed by atoms with Gasteiger partial charge in [0.1, 0.15) is 0 Å². The molecular weight excluding hydrogens is 440 g/mol. The van der Waals surface area contributed by atoms with E-state index in [0.29, 0.717) is 35.5 Å². The largest absolute Gasteiger partial charge is 0.545 e. The first-order valence-electron chi connectivity index (χ1n) is 8.82. The fourth-order valence-electron chi connectivity index (χ4n) is 3.43. The summed E-state index contributed by atoms with van der Waals surface area (Å²) >= 11 is 5.61. The molecule has 6 nitrogen and oxygen atoms in total. The Morgan fingerprint density at radius 3 is 1.36 bits per heavy atom. The molecule has 0 fully saturated rings. The summed E-state index contributed by atoms with van der Waals surface area (Å²) in [7, 11) is 0. The van der Waals surface area contributed by atoms with Crippen molar-refractivity contribution in [3.05, 3.63) is 18.1 Å². The van der Waals surface area contributed by atoms with Crippen LogP contribution in [0.4, 0.5) is 0 Å². The predicted molar refractivity (Wildman–Crippen MR) is 111 cm³/mol. The molecule has 2 aliphatic heterocycles. The fraction of sp³-hybridized carbons (Fsp3) is 0.556. The Labute approximate surface area is 180 Å². The van der Waals surface area contributed by atoms with Crippen LogP contribution in [0.1, 0.15) is 41.6 Å². The van der Waals surface area contributed by atoms with Crippen LogP contribution in [0.5, 0.6) is 0 Å². The summed E-state index contributed by atoms with van der Waals surface area (Å²) in [5.74, 6) is -1.28. The van der Waals surface area contributed by atoms with E-state index in [-0.39, 0.29) is 32.0 Å². The first kappa shape index (κ1) is 22.6. The number of aromatic carboxylic acids is 1. The molecule has 10 heteroatoms. The molecule has 2 heterocycles. The second-order valence-corrected chi connectivity index (χ2v) is 12.7. The van der Waals surface area contributed by atoms with Crippen LogP contribution in [0.25, 0.3) is 0 Å². The number of thioether (sulfide) groups is 4. The summed E-state index contributed by atoms with van der Waals surface area (Å²) in [6.07, 6.45) is 1.64. The summed E-state index contributed by atoms with van der Waals surface area (Å²) in [4.78, 5) is 14.8. The third-order valence-electron chi connectivity index (χ3n) is 4.74. The van der Waals surface area contributed by atoms with E-state index in [1.54, 1.807) is 0 Å². The van der Waals surface area contributed by atoms with E-state index >= 15 is 0 Å². The Morgan fingerprint density at radius 1 is 0.750 bits per heavy atom. The molecule has 3 rings (SSSR count). The van der Waals surface area contributed by atoms with Gasteiger partial charge in [-0.3, -0.25) is 0 Å². The topological polar surface area (TPSA) is 121 Å². The standard InChI is InChI=1S/C18H23O6S4/c1-10-12-14(27-17(25-12,2-6-19)3-7-20)11(16(23)24)15-13(10)26-18(28-15,4-8-21)5-9-22/h19-22H,1-9H2,(H,23,24)/p-1. The molecule has 155 valence electrons. The van der Waals surface area contributed by atoms with Gasteiger partial charge in [-0.25, -0.2) is 0 Å². The van der Waals surface area contributed by atoms with E-state index in [1.807, 2.05) is 0 Å². The molecule has 0 spiro atoms. The SMILES string of the molecule is [CH2]c1c2c(c(C(=O)[O-])c3c1SC(CCO)(CCO)S3)SC(CCO)(CCO)S2. The van der Waals surface area contributed by atoms with Crippen molar-refractivity contribution < 1.29 is 30.3 Å². The lowest BCUT2D eigenvalue weighted by atomic mass is 10.1. The van der Waals surface area contributed by atoms with Crippen LogP contribution in [0.15, 0.2) is 19.6 Å². The number of rotatable bonds is 9. The van der Waals surface area contributed by atoms with Crippen molar-refractivity contribution in [2.75, 3.05) is 26.4 Å². The molecule has 0 aromatic heterocycles. The molecule has 0 aliphatic carbocycles. The van der Waals surface area contributed by atoms with Crippen LogP contribution in [0.2, 0.25) is 0 Å². The van der Waals surface area contributed by atoms with Crippen LogP contribution in [-0.4, -0.2) is 61.0 Å². The zero-order valence-corrected chi connectivity index (χ0v) is 18.4. The van der Waals surface area contributed by atoms with E-state index in [2.05, 4.69) is 6.92 Å². The zero-order valence-electron chi connectivity index (χ0n) is 15.1. The van der Waals surface area contributed by atoms with Gasteiger partial charge < -0.3 is 30.3 Å². The van der Waals surface area contributed by atoms with Crippen LogP contribution >= 0.6 is 47.0 Å². The minimum absolute atomic E-state index is 0.0690. The van der Waals surface area contributed by atoms with Crippen LogP contribution in [-0.2, 0) is 0 Å². The van der Waals surface area contributed by atoms with Crippen LogP contribution < -0.4 is 5.11 Å². The second-order valence-electron chi connectivity index (χ2n) is 6.58. The third-order valence-corrected chi connectivity index (χ3v) is 11.7. The van der Waals surface area contributed by atoms with Gasteiger partial charge >= 0.3 is 0 Å². The number of carboxylic acids is 1. The molecule has 0 saturated heterocycles. The van der Waals surface area contributed by atoms with E-state index in [0.717, 1.165) is 15.4 Å². The summed E-state index contributed by atoms with van der Waals surface area (Å²) in [5, 5.41) is 50.1. The lowest BCUT2D eigenvalue weighted by molar-refractivity contribution is -0.255. The highest BCUT2D eigenvalue weighted by Gasteiger charge is 2.47. The van der Waals surface area contributed by atoms with Crippen molar-refractivity contribution in [3.63, 3.8) is 0 Å². The Balaban J connectivity index is 2.11. The molecule has 0 amide bonds. The molecule has 1 aromatic rings. The van der Waals surface area contributed by atoms with Crippen molar-refractivity contribution in [1.82, 2.24) is 0 Å². The van der Waals surface area contributed by atoms with Crippen LogP contribution in [0.3, 0.4) is 0 Å². The van der Waals surface area contributed by atoms with E-state index in [1.165, 1.54) is 47.0 Å². The number of benzene rings is 1. The normalized spacial score (nSPS) is 18.9. The molecule has 0 unspecified atom stereocenters. The van der Waals surface area contributed by atoms with Gasteiger partial charge in [0.05, 0.1) is 14.1 Å². The number of hydrogen-bond acceptors (Lipinski definition) is 10. The number of carbonyl (C=O) groups excluding carboxylic acids is 1. The highest BCUT2D eigenvalue weighted by atomic mass is 32.2. The number of carbonyl (C=O) groups is 1. The average Bonchev–Trinajstić information content (AvgIpc) is 3.16. The Bertz CT molecular complexity index is 704. The number of carboxylic acid groups (broad SMARTS) is 1. The van der Waals surface area contributed by atoms with Crippen molar-refractivity contribution in [1.29, 1.82) is 0 Å². The van der Waals surface area contributed by atoms with Gasteiger partial charge in [0.2, 0.25) is 0 Å². The highest BCUT2D eigenvalue weighted by molar-refractivity contribution is 8.21. The summed E-state index contributed by atoms with van der Waals surface area (Å²) in [5.41, 5.74) is 0.836. The van der Waals surface area contributed by atoms with E-state index < -0.39 is 14.1 Å². The van der Waals surface area contributed by atoms with Crippen molar-refractivity contribution in [2.24, 2.45) is 0 Å². The maximum absolute atomic E-state index is 12.1. The Morgan fingerprint density at radius 2 is 1.07 bits per heavy atom. The van der Waals surface area contributed by atoms with Gasteiger partial charge in [0.15, 0.2) is 0 Å². The van der Waals surface area contributed by atoms with Crippen LogP contribution in [0, 0.1) is 6.92 Å². The molecule has 2 aliphatic rings. The molecule has 28 heavy (non-hydrogen) atoms. The van der Waals surface area contributed by atoms with Gasteiger partial charge in [0, 0.05) is 51.6 Å². The second kappa shape index (κ2) is 8.97. The van der Waals surface area contributed by atoms with Gasteiger partial charge in [0.25, 0.3) is 0 Å². The lowest BCUT2D eigenvalue weighted by Crippen LogP contribution is -2.25. The number of fused-ring (bicyclic) bond motifs is 2. The first-order chi connectivity index (χ1) is 13.4. The first-order valence-corrected chi connectivity index (χ1v) is 12.1. The molecule has 1 aromatic carbocycles. The number of aliphatic hydroxyl groups is 4. The number of aliphatic hydroxyl groups excluding tert-OH is 4. The van der Waals surface area contributed by atoms with E-state index in [9.17, 15) is 30.3 Å². The predicted octanol–water partition coefficient (Wildman–Crippen LogP) is 1.55. The lowest BCUT2D eigenvalue weighted by Gasteiger charge is -2.26. The quantitative estimate of drug-likeness (QED) is 0.430. The molecular formula is C18H22O6S4-. The molecule has 0 saturated carbocycles. The van der Waals surface area contributed by atoms with Crippen molar-refractivity contribution in [2.45, 2.75) is 53.4 Å². The Hall–Kier alpha value is -0.0700. The smallest absolute Gasteiger partial charge is 0.0749 e. The van der Waals surface area contributed by atoms with Gasteiger partial charge in [-0.2, -0.15) is 0 Å². The maximum atomic E-state index is 12.1. The third kappa shape index (κ3) is 3.94. The van der Waals surface area contributed by atoms with Gasteiger partial charge in [-0.05, 0) is 38.2 Å². The maximum Gasteiger partial charge on any atom is 0.0749 e. The zero-order chi connectivity index (χ0) is 20.5. The van der Waals surface area contributed by atoms with Crippen molar-refractivity contribution in [3.8, 4) is 0 Å². The summed E-state index contributed by atoms with van der Waals surface area (Å²) in [6.45, 7) is 3.93. The Kier molecular flexibility index (Phi) is 7.24. The average molecular weight is 463 g/mol. The monoisotopic (exact) mass is 462 g/mol. The molecule has 4 N–H and O–H groups in total. The molecule has 0 atom stereocenters. The number of hydrogen-bond donors (Lipinski definition) is 4. The minimum atomic E-state index is -1.28. The molecule has 0 bridgehead atoms. The van der Waals surface area contributed by atoms with Gasteiger partial charge in [-0.1, -0.05) is 0 Å². The van der Waals surface area contributed by atoms with E-state index in [4.69, 9.17) is 0 Å².